The third kappa shape index (κ3) is 4.81. The van der Waals surface area contributed by atoms with Gasteiger partial charge >= 0.3 is 5.97 Å². The van der Waals surface area contributed by atoms with Crippen LogP contribution in [0.15, 0.2) is 77.5 Å². The standard InChI is InChI=1S/C30H32NO4S2/c32-29(30(33,27-8-3-18-36-27)28-9-4-19-37-28)35-26-21-31(15-12-23(26)13-16-31)14-5-17-34-25-11-10-22-6-1-2-7-24(22)20-25/h1-4,6-11,18-20,23,26,33H,5,12-17,21H2/q+1/t23?,26-,31?/m0/s1. The smallest absolute Gasteiger partial charge is 0.349 e. The molecule has 3 aliphatic heterocycles. The first kappa shape index (κ1) is 24.6. The molecule has 1 atom stereocenters. The zero-order valence-corrected chi connectivity index (χ0v) is 22.4. The molecule has 0 aliphatic carbocycles. The SMILES string of the molecule is O=C(O[C@H]1C[N+]2(CCCOc3ccc4ccccc4c3)CCC1CC2)C(O)(c1cccs1)c1cccs1. The second-order valence-electron chi connectivity index (χ2n) is 10.4. The number of thiophene rings is 2. The highest BCUT2D eigenvalue weighted by atomic mass is 32.1. The van der Waals surface area contributed by atoms with Gasteiger partial charge in [-0.2, -0.15) is 0 Å². The molecule has 3 saturated heterocycles. The average molecular weight is 535 g/mol. The molecule has 0 spiro atoms. The minimum absolute atomic E-state index is 0.164. The molecule has 1 N–H and O–H groups in total. The lowest BCUT2D eigenvalue weighted by Crippen LogP contribution is -2.65. The van der Waals surface area contributed by atoms with E-state index in [9.17, 15) is 9.90 Å². The van der Waals surface area contributed by atoms with Gasteiger partial charge in [0.2, 0.25) is 5.60 Å². The van der Waals surface area contributed by atoms with Gasteiger partial charge in [-0.25, -0.2) is 4.79 Å². The molecular formula is C30H32NO4S2+. The molecule has 7 rings (SSSR count). The summed E-state index contributed by atoms with van der Waals surface area (Å²) in [6.45, 7) is 4.73. The van der Waals surface area contributed by atoms with Gasteiger partial charge in [0.25, 0.3) is 0 Å². The first-order chi connectivity index (χ1) is 18.1. The van der Waals surface area contributed by atoms with E-state index >= 15 is 0 Å². The van der Waals surface area contributed by atoms with Crippen LogP contribution in [0.25, 0.3) is 10.8 Å². The number of ether oxygens (including phenoxy) is 2. The Balaban J connectivity index is 1.09. The Hall–Kier alpha value is -2.71. The average Bonchev–Trinajstić information content (AvgIpc) is 3.67. The van der Waals surface area contributed by atoms with Crippen molar-refractivity contribution in [2.75, 3.05) is 32.8 Å². The van der Waals surface area contributed by atoms with Crippen LogP contribution in [0.4, 0.5) is 0 Å². The zero-order chi connectivity index (χ0) is 25.3. The van der Waals surface area contributed by atoms with Gasteiger partial charge in [-0.3, -0.25) is 0 Å². The van der Waals surface area contributed by atoms with Gasteiger partial charge in [0, 0.05) is 25.2 Å². The van der Waals surface area contributed by atoms with E-state index in [1.54, 1.807) is 0 Å². The number of carbonyl (C=O) groups excluding carboxylic acids is 1. The van der Waals surface area contributed by atoms with Crippen LogP contribution < -0.4 is 4.74 Å². The van der Waals surface area contributed by atoms with Crippen molar-refractivity contribution < 1.29 is 23.9 Å². The quantitative estimate of drug-likeness (QED) is 0.167. The third-order valence-electron chi connectivity index (χ3n) is 8.12. The van der Waals surface area contributed by atoms with Crippen LogP contribution in [-0.4, -0.2) is 54.4 Å². The van der Waals surface area contributed by atoms with E-state index in [-0.39, 0.29) is 6.10 Å². The predicted octanol–water partition coefficient (Wildman–Crippen LogP) is 5.82. The van der Waals surface area contributed by atoms with Gasteiger partial charge in [0.05, 0.1) is 36.0 Å². The van der Waals surface area contributed by atoms with Crippen molar-refractivity contribution in [3.63, 3.8) is 0 Å². The maximum Gasteiger partial charge on any atom is 0.349 e. The minimum Gasteiger partial charge on any atom is -0.493 e. The van der Waals surface area contributed by atoms with Crippen LogP contribution in [0.2, 0.25) is 0 Å². The summed E-state index contributed by atoms with van der Waals surface area (Å²) < 4.78 is 13.2. The van der Waals surface area contributed by atoms with Gasteiger partial charge in [-0.05, 0) is 45.8 Å². The maximum atomic E-state index is 13.5. The van der Waals surface area contributed by atoms with Crippen LogP contribution in [0, 0.1) is 5.92 Å². The highest BCUT2D eigenvalue weighted by molar-refractivity contribution is 7.12. The summed E-state index contributed by atoms with van der Waals surface area (Å²) in [5.74, 6) is 0.729. The second kappa shape index (κ2) is 10.2. The van der Waals surface area contributed by atoms with Crippen molar-refractivity contribution in [2.45, 2.75) is 31.0 Å². The fourth-order valence-corrected chi connectivity index (χ4v) is 7.74. The Morgan fingerprint density at radius 1 is 0.946 bits per heavy atom. The number of quaternary nitrogens is 1. The topological polar surface area (TPSA) is 55.8 Å². The summed E-state index contributed by atoms with van der Waals surface area (Å²) in [5, 5.41) is 17.8. The Bertz CT molecular complexity index is 1310. The molecule has 2 aromatic heterocycles. The molecular weight excluding hydrogens is 502 g/mol. The number of carbonyl (C=O) groups is 1. The van der Waals surface area contributed by atoms with Crippen molar-refractivity contribution in [1.29, 1.82) is 0 Å². The molecule has 37 heavy (non-hydrogen) atoms. The fraction of sp³-hybridized carbons (Fsp3) is 0.367. The Morgan fingerprint density at radius 3 is 2.32 bits per heavy atom. The number of esters is 1. The van der Waals surface area contributed by atoms with Crippen LogP contribution in [0.5, 0.6) is 5.75 Å². The molecule has 0 amide bonds. The van der Waals surface area contributed by atoms with Gasteiger partial charge < -0.3 is 19.1 Å². The highest BCUT2D eigenvalue weighted by Gasteiger charge is 2.51. The van der Waals surface area contributed by atoms with Gasteiger partial charge in [-0.1, -0.05) is 42.5 Å². The normalized spacial score (nSPS) is 23.3. The highest BCUT2D eigenvalue weighted by Crippen LogP contribution is 2.40. The predicted molar refractivity (Wildman–Crippen MR) is 148 cm³/mol. The van der Waals surface area contributed by atoms with Crippen molar-refractivity contribution >= 4 is 39.4 Å². The summed E-state index contributed by atoms with van der Waals surface area (Å²) >= 11 is 2.77. The summed E-state index contributed by atoms with van der Waals surface area (Å²) in [4.78, 5) is 14.8. The molecule has 3 fully saturated rings. The lowest BCUT2D eigenvalue weighted by Gasteiger charge is -2.52. The third-order valence-corrected chi connectivity index (χ3v) is 10.1. The lowest BCUT2D eigenvalue weighted by molar-refractivity contribution is -0.946. The molecule has 2 bridgehead atoms. The molecule has 3 aliphatic rings. The number of fused-ring (bicyclic) bond motifs is 4. The molecule has 5 heterocycles. The lowest BCUT2D eigenvalue weighted by atomic mass is 9.83. The first-order valence-electron chi connectivity index (χ1n) is 13.0. The monoisotopic (exact) mass is 534 g/mol. The van der Waals surface area contributed by atoms with Crippen molar-refractivity contribution in [3.05, 3.63) is 87.2 Å². The first-order valence-corrected chi connectivity index (χ1v) is 14.8. The van der Waals surface area contributed by atoms with Crippen LogP contribution in [-0.2, 0) is 15.1 Å². The molecule has 0 unspecified atom stereocenters. The molecule has 2 aromatic carbocycles. The van der Waals surface area contributed by atoms with Gasteiger partial charge in [0.15, 0.2) is 6.10 Å². The number of hydrogen-bond donors (Lipinski definition) is 1. The molecule has 0 saturated carbocycles. The Labute approximate surface area is 225 Å². The number of hydrogen-bond acceptors (Lipinski definition) is 6. The largest absolute Gasteiger partial charge is 0.493 e. The Kier molecular flexibility index (Phi) is 6.80. The van der Waals surface area contributed by atoms with Gasteiger partial charge in [0.1, 0.15) is 12.3 Å². The van der Waals surface area contributed by atoms with E-state index in [0.29, 0.717) is 22.3 Å². The summed E-state index contributed by atoms with van der Waals surface area (Å²) in [5.41, 5.74) is -1.74. The van der Waals surface area contributed by atoms with Crippen molar-refractivity contribution in [1.82, 2.24) is 0 Å². The van der Waals surface area contributed by atoms with Crippen molar-refractivity contribution in [3.8, 4) is 5.75 Å². The number of piperidine rings is 3. The van der Waals surface area contributed by atoms with Crippen molar-refractivity contribution in [2.24, 2.45) is 5.92 Å². The zero-order valence-electron chi connectivity index (χ0n) is 20.8. The summed E-state index contributed by atoms with van der Waals surface area (Å²) in [6, 6.07) is 21.9. The number of benzene rings is 2. The molecule has 192 valence electrons. The number of rotatable bonds is 9. The van der Waals surface area contributed by atoms with Gasteiger partial charge in [-0.15, -0.1) is 22.7 Å². The Morgan fingerprint density at radius 2 is 1.65 bits per heavy atom. The number of aliphatic hydroxyl groups is 1. The van der Waals surface area contributed by atoms with E-state index in [4.69, 9.17) is 9.47 Å². The van der Waals surface area contributed by atoms with E-state index in [1.165, 1.54) is 33.4 Å². The minimum atomic E-state index is -1.74. The molecule has 0 radical (unpaired) electrons. The van der Waals surface area contributed by atoms with E-state index in [0.717, 1.165) is 55.7 Å². The van der Waals surface area contributed by atoms with Crippen LogP contribution >= 0.6 is 22.7 Å². The van der Waals surface area contributed by atoms with Crippen LogP contribution in [0.1, 0.15) is 29.0 Å². The molecule has 4 aromatic rings. The van der Waals surface area contributed by atoms with E-state index in [2.05, 4.69) is 30.3 Å². The van der Waals surface area contributed by atoms with Crippen LogP contribution in [0.3, 0.4) is 0 Å². The summed E-state index contributed by atoms with van der Waals surface area (Å²) in [7, 11) is 0. The second-order valence-corrected chi connectivity index (χ2v) is 12.2. The number of nitrogens with zero attached hydrogens (tertiary/aromatic N) is 1. The molecule has 5 nitrogen and oxygen atoms in total. The van der Waals surface area contributed by atoms with E-state index in [1.807, 2.05) is 47.2 Å². The molecule has 7 heteroatoms. The maximum absolute atomic E-state index is 13.5. The summed E-state index contributed by atoms with van der Waals surface area (Å²) in [6.07, 6.45) is 2.90. The van der Waals surface area contributed by atoms with E-state index < -0.39 is 11.6 Å². The fourth-order valence-electron chi connectivity index (χ4n) is 6.03.